The number of hydrogen-bond acceptors (Lipinski definition) is 7. The molecule has 0 aromatic carbocycles. The van der Waals surface area contributed by atoms with Crippen LogP contribution >= 0.6 is 0 Å². The van der Waals surface area contributed by atoms with Crippen LogP contribution in [-0.2, 0) is 10.4 Å². The minimum atomic E-state index is -4.67. The van der Waals surface area contributed by atoms with Crippen molar-refractivity contribution in [3.8, 4) is 0 Å². The molecule has 0 atom stereocenters. The second kappa shape index (κ2) is 39.9. The predicted octanol–water partition coefficient (Wildman–Crippen LogP) is -0.433. The summed E-state index contributed by atoms with van der Waals surface area (Å²) in [5, 5.41) is 34.0. The average molecular weight is 506 g/mol. The molecule has 0 heterocycles. The summed E-state index contributed by atoms with van der Waals surface area (Å²) in [4.78, 5) is 1.79. The summed E-state index contributed by atoms with van der Waals surface area (Å²) in [5.74, 6) is 0. The van der Waals surface area contributed by atoms with Crippen LogP contribution in [0.5, 0.6) is 0 Å². The van der Waals surface area contributed by atoms with Crippen molar-refractivity contribution in [2.75, 3.05) is 46.1 Å². The molecule has 31 heavy (non-hydrogen) atoms. The van der Waals surface area contributed by atoms with Crippen LogP contribution in [0.25, 0.3) is 0 Å². The monoisotopic (exact) mass is 505 g/mol. The zero-order chi connectivity index (χ0) is 22.1. The van der Waals surface area contributed by atoms with E-state index in [0.717, 1.165) is 6.42 Å². The van der Waals surface area contributed by atoms with Gasteiger partial charge < -0.3 is 20.4 Å². The van der Waals surface area contributed by atoms with Crippen molar-refractivity contribution < 1.29 is 37.9 Å². The van der Waals surface area contributed by atoms with Crippen molar-refractivity contribution in [3.63, 3.8) is 0 Å². The maximum atomic E-state index is 8.74. The van der Waals surface area contributed by atoms with Gasteiger partial charge in [-0.3, -0.25) is 14.0 Å². The van der Waals surface area contributed by atoms with Gasteiger partial charge in [-0.2, -0.15) is 8.42 Å². The number of nitrogens with zero attached hydrogens (tertiary/aromatic N) is 1. The summed E-state index contributed by atoms with van der Waals surface area (Å²) in [6, 6.07) is 0. The van der Waals surface area contributed by atoms with Gasteiger partial charge in [0.2, 0.25) is 0 Å². The van der Waals surface area contributed by atoms with Gasteiger partial charge in [-0.05, 0) is 6.42 Å². The fourth-order valence-corrected chi connectivity index (χ4v) is 2.36. The Kier molecular flexibility index (Phi) is 60.4. The zero-order valence-corrected chi connectivity index (χ0v) is 18.2. The first kappa shape index (κ1) is 46.9. The van der Waals surface area contributed by atoms with Crippen LogP contribution in [0, 0.1) is 0 Å². The van der Waals surface area contributed by atoms with Crippen LogP contribution in [0.2, 0.25) is 0 Å². The summed E-state index contributed by atoms with van der Waals surface area (Å²) in [7, 11) is -4.67. The Balaban J connectivity index is -0.0000000781. The van der Waals surface area contributed by atoms with Gasteiger partial charge in [-0.25, -0.2) is 0 Å². The van der Waals surface area contributed by atoms with Crippen LogP contribution in [0.4, 0.5) is 0 Å². The van der Waals surface area contributed by atoms with E-state index in [1.54, 1.807) is 4.90 Å². The van der Waals surface area contributed by atoms with Gasteiger partial charge in [0.05, 0.1) is 19.8 Å². The standard InChI is InChI=1S/C12H26O.C6H15NO3.3Na.H2O4S.3H/c1-2-3-4-5-6-7-8-9-10-11-12-13;8-4-1-7(2-5-9)3-6-10;;;;1-5(2,3)4;;;/h13H,2-12H2,1H3;8-10H,1-6H2;;;;(H2,1,2,3,4);;;. The molecular weight excluding hydrogens is 459 g/mol. The molecule has 9 nitrogen and oxygen atoms in total. The van der Waals surface area contributed by atoms with Crippen molar-refractivity contribution in [3.05, 3.63) is 0 Å². The van der Waals surface area contributed by atoms with Gasteiger partial charge in [-0.15, -0.1) is 0 Å². The molecule has 0 fully saturated rings. The maximum absolute atomic E-state index is 8.74. The van der Waals surface area contributed by atoms with E-state index in [1.165, 1.54) is 57.8 Å². The van der Waals surface area contributed by atoms with E-state index in [0.29, 0.717) is 26.2 Å². The molecule has 0 spiro atoms. The molecule has 0 aliphatic heterocycles. The number of rotatable bonds is 16. The molecule has 0 aromatic heterocycles. The van der Waals surface area contributed by atoms with Gasteiger partial charge in [0.25, 0.3) is 0 Å². The van der Waals surface area contributed by atoms with E-state index in [4.69, 9.17) is 37.9 Å². The molecule has 0 saturated heterocycles. The Morgan fingerprint density at radius 2 is 0.806 bits per heavy atom. The van der Waals surface area contributed by atoms with Crippen LogP contribution in [0.15, 0.2) is 0 Å². The molecule has 180 valence electrons. The van der Waals surface area contributed by atoms with Gasteiger partial charge in [-0.1, -0.05) is 64.7 Å². The summed E-state index contributed by atoms with van der Waals surface area (Å²) >= 11 is 0. The Bertz CT molecular complexity index is 351. The fraction of sp³-hybridized carbons (Fsp3) is 1.00. The van der Waals surface area contributed by atoms with Gasteiger partial charge >= 0.3 is 99.1 Å². The number of aliphatic hydroxyl groups is 4. The SMILES string of the molecule is CCCCCCCCCCCCO.O=S(=O)(O)O.OCCN(CCO)CCO.[NaH].[NaH].[NaH]. The van der Waals surface area contributed by atoms with E-state index >= 15 is 0 Å². The Hall–Kier alpha value is 2.67. The molecule has 0 aliphatic rings. The van der Waals surface area contributed by atoms with E-state index in [2.05, 4.69) is 6.92 Å². The molecule has 0 radical (unpaired) electrons. The van der Waals surface area contributed by atoms with Crippen molar-refractivity contribution in [2.24, 2.45) is 0 Å². The average Bonchev–Trinajstić information content (AvgIpc) is 2.60. The third-order valence-corrected chi connectivity index (χ3v) is 3.76. The summed E-state index contributed by atoms with van der Waals surface area (Å²) in [6.07, 6.45) is 13.3. The third-order valence-electron chi connectivity index (χ3n) is 3.76. The van der Waals surface area contributed by atoms with Crippen molar-refractivity contribution in [1.82, 2.24) is 4.90 Å². The van der Waals surface area contributed by atoms with E-state index in [9.17, 15) is 0 Å². The second-order valence-electron chi connectivity index (χ2n) is 6.37. The van der Waals surface area contributed by atoms with Crippen LogP contribution in [0.1, 0.15) is 71.1 Å². The first-order valence-electron chi connectivity index (χ1n) is 10.1. The quantitative estimate of drug-likeness (QED) is 0.0929. The molecule has 0 unspecified atom stereocenters. The normalized spacial score (nSPS) is 9.81. The van der Waals surface area contributed by atoms with Gasteiger partial charge in [0, 0.05) is 26.2 Å². The Morgan fingerprint density at radius 1 is 0.548 bits per heavy atom. The summed E-state index contributed by atoms with van der Waals surface area (Å²) in [5.41, 5.74) is 0. The third kappa shape index (κ3) is 65.4. The number of hydrogen-bond donors (Lipinski definition) is 6. The first-order valence-corrected chi connectivity index (χ1v) is 11.5. The molecule has 6 N–H and O–H groups in total. The summed E-state index contributed by atoms with van der Waals surface area (Å²) < 4.78 is 31.6. The van der Waals surface area contributed by atoms with Crippen molar-refractivity contribution in [1.29, 1.82) is 0 Å². The minimum absolute atomic E-state index is 0. The van der Waals surface area contributed by atoms with Gasteiger partial charge in [0.15, 0.2) is 0 Å². The predicted molar refractivity (Wildman–Crippen MR) is 132 cm³/mol. The first-order chi connectivity index (χ1) is 13.3. The Labute approximate surface area is 256 Å². The molecule has 0 saturated carbocycles. The van der Waals surface area contributed by atoms with E-state index in [-0.39, 0.29) is 108 Å². The van der Waals surface area contributed by atoms with Crippen LogP contribution in [0.3, 0.4) is 0 Å². The molecule has 0 aliphatic carbocycles. The van der Waals surface area contributed by atoms with Crippen LogP contribution < -0.4 is 0 Å². The molecule has 0 amide bonds. The van der Waals surface area contributed by atoms with E-state index in [1.807, 2.05) is 0 Å². The van der Waals surface area contributed by atoms with Crippen LogP contribution in [-0.4, -0.2) is 178 Å². The Morgan fingerprint density at radius 3 is 1.03 bits per heavy atom. The molecule has 0 rings (SSSR count). The topological polar surface area (TPSA) is 159 Å². The van der Waals surface area contributed by atoms with E-state index < -0.39 is 10.4 Å². The second-order valence-corrected chi connectivity index (χ2v) is 7.26. The molecule has 0 bridgehead atoms. The summed E-state index contributed by atoms with van der Waals surface area (Å²) in [6.45, 7) is 4.38. The van der Waals surface area contributed by atoms with Gasteiger partial charge in [0.1, 0.15) is 0 Å². The number of aliphatic hydroxyl groups excluding tert-OH is 4. The van der Waals surface area contributed by atoms with Crippen molar-refractivity contribution in [2.45, 2.75) is 71.1 Å². The number of unbranched alkanes of at least 4 members (excludes halogenated alkanes) is 9. The molecular formula is C18H46NNa3O8S. The molecule has 0 aromatic rings. The fourth-order valence-electron chi connectivity index (χ4n) is 2.36. The molecule has 13 heteroatoms. The zero-order valence-electron chi connectivity index (χ0n) is 17.4. The van der Waals surface area contributed by atoms with Crippen molar-refractivity contribution >= 4 is 99.1 Å².